The van der Waals surface area contributed by atoms with E-state index in [2.05, 4.69) is 221 Å². The fourth-order valence-corrected chi connectivity index (χ4v) is 10.0. The van der Waals surface area contributed by atoms with Gasteiger partial charge in [0, 0.05) is 43.8 Å². The van der Waals surface area contributed by atoms with Crippen molar-refractivity contribution in [2.75, 3.05) is 0 Å². The molecule has 0 aliphatic heterocycles. The Morgan fingerprint density at radius 1 is 0.221 bits per heavy atom. The molecule has 0 aliphatic carbocycles. The summed E-state index contributed by atoms with van der Waals surface area (Å²) in [6.07, 6.45) is 0. The average Bonchev–Trinajstić information content (AvgIpc) is 3.93. The lowest BCUT2D eigenvalue weighted by molar-refractivity contribution is 1.06. The summed E-state index contributed by atoms with van der Waals surface area (Å²) in [5.74, 6) is 1.81. The standard InChI is InChI=1S/C63H41N5/c1-5-19-42(20-6-1)46-33-36-58-52(39-46)50-28-14-17-31-56(50)67(58)55-30-16-13-27-49(55)48-35-38-60(68-57-32-18-15-29-51(57)53-40-47(34-37-59(53)68)43-21-7-2-8-22-43)54(41-48)63-65-61(44-23-9-3-10-24-44)64-62(66-63)45-25-11-4-12-26-45/h1-41H. The van der Waals surface area contributed by atoms with Gasteiger partial charge >= 0.3 is 0 Å². The summed E-state index contributed by atoms with van der Waals surface area (Å²) in [7, 11) is 0. The lowest BCUT2D eigenvalue weighted by atomic mass is 9.98. The zero-order valence-electron chi connectivity index (χ0n) is 36.9. The van der Waals surface area contributed by atoms with Crippen molar-refractivity contribution in [3.8, 4) is 78.9 Å². The Bertz CT molecular complexity index is 3950. The predicted molar refractivity (Wildman–Crippen MR) is 281 cm³/mol. The average molecular weight is 868 g/mol. The van der Waals surface area contributed by atoms with E-state index in [0.29, 0.717) is 17.5 Å². The highest BCUT2D eigenvalue weighted by Crippen LogP contribution is 2.42. The number of aromatic nitrogens is 5. The van der Waals surface area contributed by atoms with E-state index >= 15 is 0 Å². The van der Waals surface area contributed by atoms with Crippen molar-refractivity contribution in [2.45, 2.75) is 0 Å². The van der Waals surface area contributed by atoms with Crippen LogP contribution in [0.1, 0.15) is 0 Å². The third-order valence-corrected chi connectivity index (χ3v) is 13.2. The normalized spacial score (nSPS) is 11.5. The molecule has 0 unspecified atom stereocenters. The van der Waals surface area contributed by atoms with Gasteiger partial charge in [-0.15, -0.1) is 0 Å². The quantitative estimate of drug-likeness (QED) is 0.153. The van der Waals surface area contributed by atoms with Gasteiger partial charge in [0.25, 0.3) is 0 Å². The zero-order chi connectivity index (χ0) is 45.0. The lowest BCUT2D eigenvalue weighted by Crippen LogP contribution is -2.04. The molecule has 318 valence electrons. The van der Waals surface area contributed by atoms with E-state index in [0.717, 1.165) is 61.3 Å². The molecule has 0 aliphatic rings. The summed E-state index contributed by atoms with van der Waals surface area (Å²) in [4.78, 5) is 15.8. The maximum Gasteiger partial charge on any atom is 0.166 e. The molecule has 13 aromatic rings. The van der Waals surface area contributed by atoms with Crippen molar-refractivity contribution in [2.24, 2.45) is 0 Å². The summed E-state index contributed by atoms with van der Waals surface area (Å²) in [5.41, 5.74) is 16.2. The maximum atomic E-state index is 5.37. The summed E-state index contributed by atoms with van der Waals surface area (Å²) in [6.45, 7) is 0. The van der Waals surface area contributed by atoms with Crippen molar-refractivity contribution in [1.82, 2.24) is 24.1 Å². The predicted octanol–water partition coefficient (Wildman–Crippen LogP) is 16.1. The van der Waals surface area contributed by atoms with Gasteiger partial charge in [0.2, 0.25) is 0 Å². The lowest BCUT2D eigenvalue weighted by Gasteiger charge is -2.18. The molecule has 0 N–H and O–H groups in total. The minimum atomic E-state index is 0.587. The van der Waals surface area contributed by atoms with Crippen LogP contribution in [0.3, 0.4) is 0 Å². The Labute approximate surface area is 393 Å². The second-order valence-corrected chi connectivity index (χ2v) is 17.2. The SMILES string of the molecule is c1ccc(-c2ccc3c(c2)c2ccccc2n3-c2ccccc2-c2ccc(-n3c4ccccc4c4cc(-c5ccccc5)ccc43)c(-c3nc(-c4ccccc4)nc(-c4ccccc4)n3)c2)cc1. The monoisotopic (exact) mass is 867 g/mol. The molecular formula is C63H41N5. The number of fused-ring (bicyclic) bond motifs is 6. The number of hydrogen-bond donors (Lipinski definition) is 0. The van der Waals surface area contributed by atoms with Gasteiger partial charge in [0.1, 0.15) is 0 Å². The van der Waals surface area contributed by atoms with Crippen LogP contribution >= 0.6 is 0 Å². The molecule has 0 saturated heterocycles. The molecule has 3 aromatic heterocycles. The summed E-state index contributed by atoms with van der Waals surface area (Å²) in [6, 6.07) is 88.3. The van der Waals surface area contributed by atoms with Gasteiger partial charge in [0.05, 0.1) is 33.4 Å². The number of nitrogens with zero attached hydrogens (tertiary/aromatic N) is 5. The van der Waals surface area contributed by atoms with Crippen LogP contribution in [0.15, 0.2) is 249 Å². The molecule has 0 amide bonds. The third kappa shape index (κ3) is 6.68. The Morgan fingerprint density at radius 3 is 1.12 bits per heavy atom. The Hall–Kier alpha value is -9.19. The van der Waals surface area contributed by atoms with Crippen molar-refractivity contribution in [3.05, 3.63) is 249 Å². The van der Waals surface area contributed by atoms with Crippen molar-refractivity contribution in [1.29, 1.82) is 0 Å². The van der Waals surface area contributed by atoms with E-state index in [1.807, 2.05) is 36.4 Å². The van der Waals surface area contributed by atoms with Crippen LogP contribution < -0.4 is 0 Å². The number of rotatable bonds is 8. The van der Waals surface area contributed by atoms with E-state index in [1.165, 1.54) is 43.8 Å². The van der Waals surface area contributed by atoms with Crippen LogP contribution in [-0.4, -0.2) is 24.1 Å². The minimum absolute atomic E-state index is 0.587. The van der Waals surface area contributed by atoms with Gasteiger partial charge in [-0.25, -0.2) is 15.0 Å². The smallest absolute Gasteiger partial charge is 0.166 e. The highest BCUT2D eigenvalue weighted by atomic mass is 15.1. The third-order valence-electron chi connectivity index (χ3n) is 13.2. The zero-order valence-corrected chi connectivity index (χ0v) is 36.9. The van der Waals surface area contributed by atoms with E-state index in [9.17, 15) is 0 Å². The van der Waals surface area contributed by atoms with E-state index in [-0.39, 0.29) is 0 Å². The topological polar surface area (TPSA) is 48.5 Å². The number of para-hydroxylation sites is 3. The highest BCUT2D eigenvalue weighted by molar-refractivity contribution is 6.12. The molecule has 13 rings (SSSR count). The molecular weight excluding hydrogens is 827 g/mol. The molecule has 0 radical (unpaired) electrons. The molecule has 0 atom stereocenters. The number of hydrogen-bond acceptors (Lipinski definition) is 3. The van der Waals surface area contributed by atoms with Gasteiger partial charge in [-0.3, -0.25) is 0 Å². The first-order valence-electron chi connectivity index (χ1n) is 23.0. The number of benzene rings is 10. The summed E-state index contributed by atoms with van der Waals surface area (Å²) >= 11 is 0. The largest absolute Gasteiger partial charge is 0.309 e. The second-order valence-electron chi connectivity index (χ2n) is 17.2. The molecule has 0 spiro atoms. The molecule has 68 heavy (non-hydrogen) atoms. The van der Waals surface area contributed by atoms with E-state index in [1.54, 1.807) is 0 Å². The Balaban J connectivity index is 1.07. The maximum absolute atomic E-state index is 5.37. The fraction of sp³-hybridized carbons (Fsp3) is 0. The van der Waals surface area contributed by atoms with Gasteiger partial charge < -0.3 is 9.13 Å². The van der Waals surface area contributed by atoms with Gasteiger partial charge in [-0.2, -0.15) is 0 Å². The van der Waals surface area contributed by atoms with E-state index in [4.69, 9.17) is 15.0 Å². The molecule has 5 heteroatoms. The fourth-order valence-electron chi connectivity index (χ4n) is 10.0. The molecule has 0 fully saturated rings. The minimum Gasteiger partial charge on any atom is -0.309 e. The van der Waals surface area contributed by atoms with Crippen molar-refractivity contribution in [3.63, 3.8) is 0 Å². The summed E-state index contributed by atoms with van der Waals surface area (Å²) in [5, 5.41) is 4.77. The van der Waals surface area contributed by atoms with Crippen LogP contribution in [0.5, 0.6) is 0 Å². The van der Waals surface area contributed by atoms with Crippen LogP contribution in [0.4, 0.5) is 0 Å². The van der Waals surface area contributed by atoms with Gasteiger partial charge in [-0.1, -0.05) is 194 Å². The first-order valence-corrected chi connectivity index (χ1v) is 23.0. The Kier molecular flexibility index (Phi) is 9.43. The molecule has 10 aromatic carbocycles. The molecule has 5 nitrogen and oxygen atoms in total. The highest BCUT2D eigenvalue weighted by Gasteiger charge is 2.23. The second kappa shape index (κ2) is 16.4. The van der Waals surface area contributed by atoms with Crippen LogP contribution in [-0.2, 0) is 0 Å². The molecule has 0 bridgehead atoms. The first-order chi connectivity index (χ1) is 33.7. The van der Waals surface area contributed by atoms with Gasteiger partial charge in [0.15, 0.2) is 17.5 Å². The van der Waals surface area contributed by atoms with Crippen LogP contribution in [0.2, 0.25) is 0 Å². The Morgan fingerprint density at radius 2 is 0.603 bits per heavy atom. The first kappa shape index (κ1) is 39.2. The van der Waals surface area contributed by atoms with E-state index < -0.39 is 0 Å². The molecule has 3 heterocycles. The summed E-state index contributed by atoms with van der Waals surface area (Å²) < 4.78 is 4.81. The van der Waals surface area contributed by atoms with Gasteiger partial charge in [-0.05, 0) is 82.4 Å². The van der Waals surface area contributed by atoms with Crippen molar-refractivity contribution >= 4 is 43.6 Å². The van der Waals surface area contributed by atoms with Crippen molar-refractivity contribution < 1.29 is 0 Å². The molecule has 0 saturated carbocycles. The van der Waals surface area contributed by atoms with Crippen LogP contribution in [0, 0.1) is 0 Å². The van der Waals surface area contributed by atoms with Crippen LogP contribution in [0.25, 0.3) is 123 Å².